The molecular weight excluding hydrogens is 254 g/mol. The maximum atomic E-state index is 3.54. The van der Waals surface area contributed by atoms with Crippen LogP contribution in [0.4, 0.5) is 0 Å². The van der Waals surface area contributed by atoms with E-state index in [4.69, 9.17) is 0 Å². The van der Waals surface area contributed by atoms with E-state index in [1.165, 1.54) is 25.1 Å². The largest absolute Gasteiger partial charge is 0.315 e. The Balaban J connectivity index is 1.99. The Labute approximate surface area is 122 Å². The molecule has 0 amide bonds. The highest BCUT2D eigenvalue weighted by Gasteiger charge is 2.02. The fourth-order valence-corrected chi connectivity index (χ4v) is 2.77. The first-order chi connectivity index (χ1) is 9.22. The summed E-state index contributed by atoms with van der Waals surface area (Å²) in [6, 6.07) is 2.21. The first kappa shape index (κ1) is 16.6. The second-order valence-corrected chi connectivity index (χ2v) is 6.00. The van der Waals surface area contributed by atoms with Gasteiger partial charge in [-0.1, -0.05) is 6.92 Å². The molecule has 0 radical (unpaired) electrons. The smallest absolute Gasteiger partial charge is 0.0107 e. The lowest BCUT2D eigenvalue weighted by Crippen LogP contribution is -2.34. The number of hydrogen-bond acceptors (Lipinski definition) is 4. The van der Waals surface area contributed by atoms with Gasteiger partial charge < -0.3 is 15.1 Å². The van der Waals surface area contributed by atoms with E-state index in [9.17, 15) is 0 Å². The van der Waals surface area contributed by atoms with Crippen LogP contribution in [0.2, 0.25) is 0 Å². The van der Waals surface area contributed by atoms with Gasteiger partial charge in [-0.05, 0) is 75.5 Å². The molecule has 1 aromatic heterocycles. The molecule has 0 saturated heterocycles. The Morgan fingerprint density at radius 1 is 1.16 bits per heavy atom. The minimum absolute atomic E-state index is 1.09. The van der Waals surface area contributed by atoms with Crippen LogP contribution >= 0.6 is 11.3 Å². The lowest BCUT2D eigenvalue weighted by molar-refractivity contribution is 0.266. The van der Waals surface area contributed by atoms with Crippen LogP contribution < -0.4 is 5.32 Å². The molecule has 0 aliphatic heterocycles. The summed E-state index contributed by atoms with van der Waals surface area (Å²) < 4.78 is 0. The highest BCUT2D eigenvalue weighted by molar-refractivity contribution is 7.07. The van der Waals surface area contributed by atoms with E-state index in [1.54, 1.807) is 11.3 Å². The number of rotatable bonds is 11. The van der Waals surface area contributed by atoms with E-state index in [1.807, 2.05) is 0 Å². The molecular formula is C15H29N3S. The van der Waals surface area contributed by atoms with Crippen LogP contribution in [0.3, 0.4) is 0 Å². The maximum absolute atomic E-state index is 3.54. The van der Waals surface area contributed by atoms with Gasteiger partial charge in [0.05, 0.1) is 0 Å². The fraction of sp³-hybridized carbons (Fsp3) is 0.733. The van der Waals surface area contributed by atoms with Crippen molar-refractivity contribution >= 4 is 11.3 Å². The van der Waals surface area contributed by atoms with Gasteiger partial charge in [-0.25, -0.2) is 0 Å². The summed E-state index contributed by atoms with van der Waals surface area (Å²) in [6.07, 6.45) is 2.41. The predicted octanol–water partition coefficient (Wildman–Crippen LogP) is 2.15. The minimum Gasteiger partial charge on any atom is -0.315 e. The molecule has 0 spiro atoms. The SMILES string of the molecule is CCN(CCCN(C)C)CCNCCc1ccsc1. The quantitative estimate of drug-likeness (QED) is 0.628. The van der Waals surface area contributed by atoms with E-state index in [-0.39, 0.29) is 0 Å². The van der Waals surface area contributed by atoms with Gasteiger partial charge in [-0.3, -0.25) is 0 Å². The van der Waals surface area contributed by atoms with Crippen LogP contribution in [-0.4, -0.2) is 63.2 Å². The molecule has 110 valence electrons. The Kier molecular flexibility index (Phi) is 9.08. The highest BCUT2D eigenvalue weighted by Crippen LogP contribution is 2.05. The first-order valence-electron chi connectivity index (χ1n) is 7.31. The zero-order valence-electron chi connectivity index (χ0n) is 12.7. The van der Waals surface area contributed by atoms with E-state index in [2.05, 4.69) is 53.0 Å². The third kappa shape index (κ3) is 8.37. The number of thiophene rings is 1. The van der Waals surface area contributed by atoms with E-state index < -0.39 is 0 Å². The third-order valence-electron chi connectivity index (χ3n) is 3.30. The zero-order chi connectivity index (χ0) is 13.9. The van der Waals surface area contributed by atoms with E-state index in [0.717, 1.165) is 32.6 Å². The number of hydrogen-bond donors (Lipinski definition) is 1. The van der Waals surface area contributed by atoms with Gasteiger partial charge in [0.2, 0.25) is 0 Å². The van der Waals surface area contributed by atoms with Gasteiger partial charge in [0, 0.05) is 13.1 Å². The number of likely N-dealkylation sites (N-methyl/N-ethyl adjacent to an activating group) is 1. The molecule has 0 unspecified atom stereocenters. The summed E-state index contributed by atoms with van der Waals surface area (Å²) in [5, 5.41) is 7.93. The number of nitrogens with one attached hydrogen (secondary N) is 1. The van der Waals surface area contributed by atoms with Crippen molar-refractivity contribution in [2.24, 2.45) is 0 Å². The summed E-state index contributed by atoms with van der Waals surface area (Å²) in [5.74, 6) is 0. The van der Waals surface area contributed by atoms with Gasteiger partial charge in [-0.15, -0.1) is 0 Å². The Morgan fingerprint density at radius 2 is 2.00 bits per heavy atom. The zero-order valence-corrected chi connectivity index (χ0v) is 13.5. The molecule has 1 N–H and O–H groups in total. The summed E-state index contributed by atoms with van der Waals surface area (Å²) in [6.45, 7) is 9.14. The summed E-state index contributed by atoms with van der Waals surface area (Å²) in [5.41, 5.74) is 1.45. The highest BCUT2D eigenvalue weighted by atomic mass is 32.1. The average Bonchev–Trinajstić information content (AvgIpc) is 2.89. The van der Waals surface area contributed by atoms with Gasteiger partial charge in [0.15, 0.2) is 0 Å². The Hall–Kier alpha value is -0.420. The van der Waals surface area contributed by atoms with Gasteiger partial charge in [0.1, 0.15) is 0 Å². The Morgan fingerprint density at radius 3 is 2.63 bits per heavy atom. The average molecular weight is 283 g/mol. The molecule has 0 bridgehead atoms. The predicted molar refractivity (Wildman–Crippen MR) is 86.2 cm³/mol. The van der Waals surface area contributed by atoms with Crippen molar-refractivity contribution in [3.8, 4) is 0 Å². The molecule has 0 saturated carbocycles. The van der Waals surface area contributed by atoms with E-state index >= 15 is 0 Å². The second-order valence-electron chi connectivity index (χ2n) is 5.22. The van der Waals surface area contributed by atoms with Crippen LogP contribution in [0.25, 0.3) is 0 Å². The van der Waals surface area contributed by atoms with Crippen molar-refractivity contribution in [3.05, 3.63) is 22.4 Å². The summed E-state index contributed by atoms with van der Waals surface area (Å²) in [7, 11) is 4.28. The summed E-state index contributed by atoms with van der Waals surface area (Å²) >= 11 is 1.78. The lowest BCUT2D eigenvalue weighted by Gasteiger charge is -2.21. The van der Waals surface area contributed by atoms with Crippen LogP contribution in [-0.2, 0) is 6.42 Å². The molecule has 0 atom stereocenters. The normalized spacial score (nSPS) is 11.6. The molecule has 19 heavy (non-hydrogen) atoms. The van der Waals surface area contributed by atoms with Crippen molar-refractivity contribution in [2.75, 3.05) is 53.4 Å². The molecule has 1 rings (SSSR count). The number of nitrogens with zero attached hydrogens (tertiary/aromatic N) is 2. The molecule has 0 aromatic carbocycles. The fourth-order valence-electron chi connectivity index (χ4n) is 2.07. The van der Waals surface area contributed by atoms with Crippen molar-refractivity contribution in [1.82, 2.24) is 15.1 Å². The molecule has 1 aromatic rings. The maximum Gasteiger partial charge on any atom is 0.0107 e. The van der Waals surface area contributed by atoms with Crippen LogP contribution in [0.15, 0.2) is 16.8 Å². The van der Waals surface area contributed by atoms with Crippen molar-refractivity contribution < 1.29 is 0 Å². The van der Waals surface area contributed by atoms with Gasteiger partial charge in [-0.2, -0.15) is 11.3 Å². The van der Waals surface area contributed by atoms with Crippen LogP contribution in [0, 0.1) is 0 Å². The van der Waals surface area contributed by atoms with E-state index in [0.29, 0.717) is 0 Å². The molecule has 0 aliphatic carbocycles. The van der Waals surface area contributed by atoms with Crippen molar-refractivity contribution in [2.45, 2.75) is 19.8 Å². The second kappa shape index (κ2) is 10.4. The third-order valence-corrected chi connectivity index (χ3v) is 4.03. The minimum atomic E-state index is 1.09. The molecule has 0 fully saturated rings. The van der Waals surface area contributed by atoms with Gasteiger partial charge in [0.25, 0.3) is 0 Å². The topological polar surface area (TPSA) is 18.5 Å². The van der Waals surface area contributed by atoms with Crippen molar-refractivity contribution in [3.63, 3.8) is 0 Å². The van der Waals surface area contributed by atoms with Gasteiger partial charge >= 0.3 is 0 Å². The van der Waals surface area contributed by atoms with Crippen LogP contribution in [0.1, 0.15) is 18.9 Å². The molecule has 1 heterocycles. The molecule has 3 nitrogen and oxygen atoms in total. The first-order valence-corrected chi connectivity index (χ1v) is 8.25. The van der Waals surface area contributed by atoms with Crippen LogP contribution in [0.5, 0.6) is 0 Å². The molecule has 0 aliphatic rings. The standard InChI is InChI=1S/C15H29N3S/c1-4-18(11-5-10-17(2)3)12-9-16-8-6-15-7-13-19-14-15/h7,13-14,16H,4-6,8-12H2,1-3H3. The lowest BCUT2D eigenvalue weighted by atomic mass is 10.2. The Bertz CT molecular complexity index is 298. The van der Waals surface area contributed by atoms with Crippen molar-refractivity contribution in [1.29, 1.82) is 0 Å². The summed E-state index contributed by atoms with van der Waals surface area (Å²) in [4.78, 5) is 4.79. The monoisotopic (exact) mass is 283 g/mol. The molecule has 4 heteroatoms.